The highest BCUT2D eigenvalue weighted by Crippen LogP contribution is 2.44. The first-order valence-electron chi connectivity index (χ1n) is 18.9. The monoisotopic (exact) mass is 716 g/mol. The van der Waals surface area contributed by atoms with E-state index in [0.717, 1.165) is 45.2 Å². The van der Waals surface area contributed by atoms with Gasteiger partial charge in [0, 0.05) is 22.5 Å². The summed E-state index contributed by atoms with van der Waals surface area (Å²) in [5.41, 5.74) is 9.75. The van der Waals surface area contributed by atoms with Gasteiger partial charge in [-0.25, -0.2) is 9.88 Å². The van der Waals surface area contributed by atoms with Crippen molar-refractivity contribution in [1.29, 1.82) is 0 Å². The first-order chi connectivity index (χ1) is 27.8. The van der Waals surface area contributed by atoms with Crippen molar-refractivity contribution in [2.45, 2.75) is 0 Å². The summed E-state index contributed by atoms with van der Waals surface area (Å²) >= 11 is 0. The van der Waals surface area contributed by atoms with Gasteiger partial charge in [0.25, 0.3) is 6.71 Å². The van der Waals surface area contributed by atoms with Gasteiger partial charge in [0.05, 0.1) is 11.0 Å². The van der Waals surface area contributed by atoms with Crippen molar-refractivity contribution in [2.24, 2.45) is 0 Å². The van der Waals surface area contributed by atoms with Gasteiger partial charge >= 0.3 is 0 Å². The molecule has 11 rings (SSSR count). The normalized spacial score (nSPS) is 12.2. The number of hydrogen-bond donors (Lipinski definition) is 0. The fourth-order valence-corrected chi connectivity index (χ4v) is 8.50. The summed E-state index contributed by atoms with van der Waals surface area (Å²) in [5, 5.41) is 2.35. The van der Waals surface area contributed by atoms with Crippen molar-refractivity contribution in [1.82, 2.24) is 24.1 Å². The van der Waals surface area contributed by atoms with Gasteiger partial charge in [0.1, 0.15) is 11.6 Å². The SMILES string of the molecule is c1ccc(B2c3c(n(-c4ccccc4)c4ccccc34)N(c3nc(-c4ccccc4)nc(-c4ccccc4)n3)c3c2c2ccccc2n3-c2ccccc2)cc1. The number of fused-ring (bicyclic) bond motifs is 6. The number of benzene rings is 7. The maximum atomic E-state index is 5.44. The molecule has 3 aromatic heterocycles. The Kier molecular flexibility index (Phi) is 7.48. The summed E-state index contributed by atoms with van der Waals surface area (Å²) in [6, 6.07) is 70.2. The highest BCUT2D eigenvalue weighted by Gasteiger charge is 2.45. The zero-order valence-electron chi connectivity index (χ0n) is 30.3. The fraction of sp³-hybridized carbons (Fsp3) is 0. The summed E-state index contributed by atoms with van der Waals surface area (Å²) in [4.78, 5) is 18.3. The second kappa shape index (κ2) is 13.1. The van der Waals surface area contributed by atoms with Gasteiger partial charge in [0.2, 0.25) is 5.95 Å². The van der Waals surface area contributed by atoms with E-state index >= 15 is 0 Å². The third-order valence-electron chi connectivity index (χ3n) is 10.8. The third kappa shape index (κ3) is 5.02. The van der Waals surface area contributed by atoms with Crippen LogP contribution in [0.15, 0.2) is 200 Å². The zero-order chi connectivity index (χ0) is 37.0. The van der Waals surface area contributed by atoms with E-state index < -0.39 is 0 Å². The molecule has 6 nitrogen and oxygen atoms in total. The highest BCUT2D eigenvalue weighted by atomic mass is 15.4. The number of hydrogen-bond acceptors (Lipinski definition) is 4. The van der Waals surface area contributed by atoms with E-state index in [1.54, 1.807) is 0 Å². The molecular formula is C49H33BN6. The molecule has 262 valence electrons. The van der Waals surface area contributed by atoms with Gasteiger partial charge in [-0.3, -0.25) is 9.13 Å². The predicted octanol–water partition coefficient (Wildman–Crippen LogP) is 9.39. The van der Waals surface area contributed by atoms with E-state index in [4.69, 9.17) is 15.0 Å². The van der Waals surface area contributed by atoms with E-state index in [1.807, 2.05) is 36.4 Å². The summed E-state index contributed by atoms with van der Waals surface area (Å²) in [6.45, 7) is -0.119. The van der Waals surface area contributed by atoms with E-state index in [9.17, 15) is 0 Å². The molecule has 1 aliphatic rings. The van der Waals surface area contributed by atoms with Gasteiger partial charge < -0.3 is 0 Å². The van der Waals surface area contributed by atoms with E-state index in [-0.39, 0.29) is 6.71 Å². The fourth-order valence-electron chi connectivity index (χ4n) is 8.50. The topological polar surface area (TPSA) is 51.8 Å². The molecule has 0 unspecified atom stereocenters. The average Bonchev–Trinajstić information content (AvgIpc) is 3.80. The lowest BCUT2D eigenvalue weighted by Crippen LogP contribution is -2.57. The molecule has 1 aliphatic heterocycles. The summed E-state index contributed by atoms with van der Waals surface area (Å²) in [7, 11) is 0. The Morgan fingerprint density at radius 3 is 1.18 bits per heavy atom. The first-order valence-corrected chi connectivity index (χ1v) is 18.9. The number of para-hydroxylation sites is 4. The maximum absolute atomic E-state index is 5.44. The van der Waals surface area contributed by atoms with E-state index in [0.29, 0.717) is 17.6 Å². The average molecular weight is 717 g/mol. The Balaban J connectivity index is 1.36. The van der Waals surface area contributed by atoms with Crippen LogP contribution in [0.1, 0.15) is 0 Å². The first kappa shape index (κ1) is 32.0. The molecule has 7 heteroatoms. The van der Waals surface area contributed by atoms with Crippen LogP contribution in [-0.4, -0.2) is 30.8 Å². The lowest BCUT2D eigenvalue weighted by atomic mass is 9.35. The molecule has 56 heavy (non-hydrogen) atoms. The van der Waals surface area contributed by atoms with Crippen molar-refractivity contribution in [3.05, 3.63) is 200 Å². The molecule has 0 spiro atoms. The summed E-state index contributed by atoms with van der Waals surface area (Å²) in [5.74, 6) is 3.72. The van der Waals surface area contributed by atoms with Gasteiger partial charge in [-0.1, -0.05) is 169 Å². The Hall–Kier alpha value is -7.51. The van der Waals surface area contributed by atoms with Crippen LogP contribution in [0.5, 0.6) is 0 Å². The van der Waals surface area contributed by atoms with Crippen LogP contribution in [0, 0.1) is 0 Å². The number of aromatic nitrogens is 5. The zero-order valence-corrected chi connectivity index (χ0v) is 30.3. The molecule has 10 aromatic rings. The lowest BCUT2D eigenvalue weighted by Gasteiger charge is -2.35. The molecule has 0 aliphatic carbocycles. The van der Waals surface area contributed by atoms with Gasteiger partial charge in [-0.05, 0) is 58.1 Å². The molecular weight excluding hydrogens is 683 g/mol. The molecule has 7 aromatic carbocycles. The molecule has 0 saturated heterocycles. The van der Waals surface area contributed by atoms with Gasteiger partial charge in [-0.15, -0.1) is 0 Å². The molecule has 0 bridgehead atoms. The molecule has 0 radical (unpaired) electrons. The van der Waals surface area contributed by atoms with E-state index in [2.05, 4.69) is 178 Å². The van der Waals surface area contributed by atoms with Crippen LogP contribution in [-0.2, 0) is 0 Å². The highest BCUT2D eigenvalue weighted by molar-refractivity contribution is 7.00. The Morgan fingerprint density at radius 1 is 0.357 bits per heavy atom. The Morgan fingerprint density at radius 2 is 0.732 bits per heavy atom. The molecule has 0 fully saturated rings. The number of anilines is 3. The quantitative estimate of drug-likeness (QED) is 0.161. The molecule has 0 atom stereocenters. The van der Waals surface area contributed by atoms with Crippen molar-refractivity contribution in [2.75, 3.05) is 4.90 Å². The third-order valence-corrected chi connectivity index (χ3v) is 10.8. The van der Waals surface area contributed by atoms with Crippen molar-refractivity contribution >= 4 is 62.5 Å². The number of nitrogens with zero attached hydrogens (tertiary/aromatic N) is 6. The molecule has 4 heterocycles. The second-order valence-electron chi connectivity index (χ2n) is 14.0. The Bertz CT molecular complexity index is 2830. The van der Waals surface area contributed by atoms with Crippen LogP contribution < -0.4 is 21.3 Å². The minimum absolute atomic E-state index is 0.119. The van der Waals surface area contributed by atoms with Crippen LogP contribution in [0.4, 0.5) is 17.6 Å². The largest absolute Gasteiger partial charge is 0.296 e. The second-order valence-corrected chi connectivity index (χ2v) is 14.0. The smallest absolute Gasteiger partial charge is 0.252 e. The minimum atomic E-state index is -0.119. The van der Waals surface area contributed by atoms with Crippen molar-refractivity contribution < 1.29 is 0 Å². The molecule has 0 amide bonds. The standard InChI is InChI=1S/C49H33BN6/c1-6-20-34(21-7-1)45-51-46(35-22-8-2-9-23-35)53-49(52-45)56-47-43(39-30-16-18-32-41(39)54(47)37-26-12-4-13-27-37)50(36-24-10-3-11-25-36)44-40-31-17-19-33-42(40)55(48(44)56)38-28-14-5-15-29-38/h1-33H. The molecule has 0 saturated carbocycles. The van der Waals surface area contributed by atoms with Crippen LogP contribution in [0.25, 0.3) is 56.0 Å². The van der Waals surface area contributed by atoms with Crippen LogP contribution in [0.3, 0.4) is 0 Å². The number of rotatable bonds is 6. The van der Waals surface area contributed by atoms with Gasteiger partial charge in [-0.2, -0.15) is 9.97 Å². The maximum Gasteiger partial charge on any atom is 0.252 e. The van der Waals surface area contributed by atoms with Crippen molar-refractivity contribution in [3.63, 3.8) is 0 Å². The van der Waals surface area contributed by atoms with Crippen LogP contribution >= 0.6 is 0 Å². The summed E-state index contributed by atoms with van der Waals surface area (Å²) < 4.78 is 4.79. The van der Waals surface area contributed by atoms with Gasteiger partial charge in [0.15, 0.2) is 11.6 Å². The Labute approximate surface area is 324 Å². The van der Waals surface area contributed by atoms with Crippen LogP contribution in [0.2, 0.25) is 0 Å². The lowest BCUT2D eigenvalue weighted by molar-refractivity contribution is 0.957. The van der Waals surface area contributed by atoms with E-state index in [1.165, 1.54) is 27.2 Å². The predicted molar refractivity (Wildman–Crippen MR) is 230 cm³/mol. The summed E-state index contributed by atoms with van der Waals surface area (Å²) in [6.07, 6.45) is 0. The van der Waals surface area contributed by atoms with Crippen molar-refractivity contribution in [3.8, 4) is 34.2 Å². The molecule has 0 N–H and O–H groups in total. The minimum Gasteiger partial charge on any atom is -0.296 e.